The first-order chi connectivity index (χ1) is 13.7. The van der Waals surface area contributed by atoms with E-state index in [0.717, 1.165) is 5.56 Å². The van der Waals surface area contributed by atoms with Crippen molar-refractivity contribution in [3.63, 3.8) is 0 Å². The summed E-state index contributed by atoms with van der Waals surface area (Å²) < 4.78 is 29.0. The van der Waals surface area contributed by atoms with Gasteiger partial charge in [-0.25, -0.2) is 4.39 Å². The van der Waals surface area contributed by atoms with Gasteiger partial charge in [-0.2, -0.15) is 0 Å². The summed E-state index contributed by atoms with van der Waals surface area (Å²) in [6, 6.07) is 17.9. The van der Waals surface area contributed by atoms with E-state index in [9.17, 15) is 9.18 Å². The monoisotopic (exact) mass is 378 g/mol. The lowest BCUT2D eigenvalue weighted by Gasteiger charge is -2.08. The van der Waals surface area contributed by atoms with Crippen LogP contribution < -0.4 is 10.1 Å². The van der Waals surface area contributed by atoms with Crippen molar-refractivity contribution in [3.8, 4) is 23.0 Å². The summed E-state index contributed by atoms with van der Waals surface area (Å²) in [5, 5.41) is 6.54. The molecule has 0 spiro atoms. The van der Waals surface area contributed by atoms with Gasteiger partial charge in [0.1, 0.15) is 17.3 Å². The number of carbonyl (C=O) groups is 1. The van der Waals surface area contributed by atoms with Crippen LogP contribution in [0.2, 0.25) is 0 Å². The minimum absolute atomic E-state index is 0.158. The lowest BCUT2D eigenvalue weighted by Crippen LogP contribution is -2.23. The standard InChI is InChI=1S/C21H15FN2O4/c22-15-6-8-16(9-7-15)27-17-4-1-3-14(11-17)13-23-21(25)18-12-20(28-24-18)19-5-2-10-26-19/h1-12H,13H2,(H,23,25). The number of amides is 1. The van der Waals surface area contributed by atoms with E-state index in [1.54, 1.807) is 36.4 Å². The number of hydrogen-bond donors (Lipinski definition) is 1. The summed E-state index contributed by atoms with van der Waals surface area (Å²) in [5.74, 6) is 1.29. The molecule has 4 rings (SSSR count). The Kier molecular flexibility index (Phi) is 4.88. The number of aromatic nitrogens is 1. The fourth-order valence-electron chi connectivity index (χ4n) is 2.55. The zero-order valence-electron chi connectivity index (χ0n) is 14.6. The van der Waals surface area contributed by atoms with E-state index in [2.05, 4.69) is 10.5 Å². The molecular weight excluding hydrogens is 363 g/mol. The van der Waals surface area contributed by atoms with E-state index in [1.807, 2.05) is 12.1 Å². The molecule has 0 saturated heterocycles. The van der Waals surface area contributed by atoms with Crippen LogP contribution in [0.3, 0.4) is 0 Å². The highest BCUT2D eigenvalue weighted by Crippen LogP contribution is 2.23. The van der Waals surface area contributed by atoms with Crippen molar-refractivity contribution in [2.75, 3.05) is 0 Å². The predicted octanol–water partition coefficient (Wildman–Crippen LogP) is 4.80. The minimum Gasteiger partial charge on any atom is -0.461 e. The van der Waals surface area contributed by atoms with Crippen molar-refractivity contribution in [3.05, 3.63) is 90.1 Å². The summed E-state index contributed by atoms with van der Waals surface area (Å²) in [6.45, 7) is 0.280. The summed E-state index contributed by atoms with van der Waals surface area (Å²) >= 11 is 0. The zero-order valence-corrected chi connectivity index (χ0v) is 14.6. The fraction of sp³-hybridized carbons (Fsp3) is 0.0476. The van der Waals surface area contributed by atoms with E-state index in [4.69, 9.17) is 13.7 Å². The largest absolute Gasteiger partial charge is 0.461 e. The maximum Gasteiger partial charge on any atom is 0.273 e. The fourth-order valence-corrected chi connectivity index (χ4v) is 2.55. The summed E-state index contributed by atoms with van der Waals surface area (Å²) in [4.78, 5) is 12.3. The Labute approximate surface area is 159 Å². The van der Waals surface area contributed by atoms with E-state index in [0.29, 0.717) is 23.0 Å². The van der Waals surface area contributed by atoms with Crippen molar-refractivity contribution >= 4 is 5.91 Å². The number of carbonyl (C=O) groups excluding carboxylic acids is 1. The number of halogens is 1. The van der Waals surface area contributed by atoms with Crippen LogP contribution in [0, 0.1) is 5.82 Å². The van der Waals surface area contributed by atoms with Crippen LogP contribution in [0.4, 0.5) is 4.39 Å². The molecule has 1 N–H and O–H groups in total. The smallest absolute Gasteiger partial charge is 0.273 e. The third kappa shape index (κ3) is 4.09. The maximum atomic E-state index is 13.0. The molecule has 6 nitrogen and oxygen atoms in total. The van der Waals surface area contributed by atoms with Crippen LogP contribution >= 0.6 is 0 Å². The molecule has 0 aliphatic heterocycles. The third-order valence-corrected chi connectivity index (χ3v) is 3.91. The molecular formula is C21H15FN2O4. The van der Waals surface area contributed by atoms with Gasteiger partial charge < -0.3 is 19.0 Å². The molecule has 2 heterocycles. The van der Waals surface area contributed by atoms with E-state index in [1.165, 1.54) is 24.5 Å². The lowest BCUT2D eigenvalue weighted by molar-refractivity contribution is 0.0942. The Bertz CT molecular complexity index is 1070. The van der Waals surface area contributed by atoms with Gasteiger partial charge in [-0.15, -0.1) is 0 Å². The van der Waals surface area contributed by atoms with Crippen molar-refractivity contribution in [1.29, 1.82) is 0 Å². The van der Waals surface area contributed by atoms with Gasteiger partial charge in [0.2, 0.25) is 5.76 Å². The van der Waals surface area contributed by atoms with Crippen LogP contribution in [0.25, 0.3) is 11.5 Å². The molecule has 0 radical (unpaired) electrons. The Balaban J connectivity index is 1.38. The van der Waals surface area contributed by atoms with Gasteiger partial charge in [0.05, 0.1) is 6.26 Å². The first kappa shape index (κ1) is 17.5. The third-order valence-electron chi connectivity index (χ3n) is 3.91. The number of ether oxygens (including phenoxy) is 1. The van der Waals surface area contributed by atoms with Gasteiger partial charge in [0.15, 0.2) is 11.5 Å². The number of nitrogens with zero attached hydrogens (tertiary/aromatic N) is 1. The summed E-state index contributed by atoms with van der Waals surface area (Å²) in [5.41, 5.74) is 0.993. The number of rotatable bonds is 6. The number of nitrogens with one attached hydrogen (secondary N) is 1. The highest BCUT2D eigenvalue weighted by atomic mass is 19.1. The second-order valence-corrected chi connectivity index (χ2v) is 5.94. The van der Waals surface area contributed by atoms with E-state index >= 15 is 0 Å². The van der Waals surface area contributed by atoms with Crippen LogP contribution in [-0.4, -0.2) is 11.1 Å². The first-order valence-corrected chi connectivity index (χ1v) is 8.48. The van der Waals surface area contributed by atoms with Crippen molar-refractivity contribution in [1.82, 2.24) is 10.5 Å². The molecule has 28 heavy (non-hydrogen) atoms. The molecule has 140 valence electrons. The molecule has 0 bridgehead atoms. The van der Waals surface area contributed by atoms with Crippen LogP contribution in [0.5, 0.6) is 11.5 Å². The molecule has 4 aromatic rings. The normalized spacial score (nSPS) is 10.6. The zero-order chi connectivity index (χ0) is 19.3. The van der Waals surface area contributed by atoms with Crippen LogP contribution in [0.15, 0.2) is 81.9 Å². The predicted molar refractivity (Wildman–Crippen MR) is 98.3 cm³/mol. The molecule has 0 aliphatic carbocycles. The molecule has 1 amide bonds. The van der Waals surface area contributed by atoms with Gasteiger partial charge in [-0.05, 0) is 54.1 Å². The minimum atomic E-state index is -0.369. The Hall–Kier alpha value is -3.87. The van der Waals surface area contributed by atoms with E-state index in [-0.39, 0.29) is 24.0 Å². The molecule has 2 aromatic heterocycles. The van der Waals surface area contributed by atoms with Gasteiger partial charge >= 0.3 is 0 Å². The SMILES string of the molecule is O=C(NCc1cccc(Oc2ccc(F)cc2)c1)c1cc(-c2ccco2)on1. The van der Waals surface area contributed by atoms with Crippen LogP contribution in [-0.2, 0) is 6.54 Å². The van der Waals surface area contributed by atoms with Gasteiger partial charge in [0.25, 0.3) is 5.91 Å². The molecule has 7 heteroatoms. The second-order valence-electron chi connectivity index (χ2n) is 5.94. The second kappa shape index (κ2) is 7.79. The number of benzene rings is 2. The highest BCUT2D eigenvalue weighted by Gasteiger charge is 2.15. The molecule has 0 fully saturated rings. The van der Waals surface area contributed by atoms with Crippen molar-refractivity contribution in [2.24, 2.45) is 0 Å². The van der Waals surface area contributed by atoms with Crippen LogP contribution in [0.1, 0.15) is 16.1 Å². The summed E-state index contributed by atoms with van der Waals surface area (Å²) in [7, 11) is 0. The van der Waals surface area contributed by atoms with E-state index < -0.39 is 0 Å². The molecule has 0 aliphatic rings. The van der Waals surface area contributed by atoms with Gasteiger partial charge in [-0.3, -0.25) is 4.79 Å². The van der Waals surface area contributed by atoms with Gasteiger partial charge in [-0.1, -0.05) is 17.3 Å². The highest BCUT2D eigenvalue weighted by molar-refractivity contribution is 5.92. The number of furan rings is 1. The summed E-state index contributed by atoms with van der Waals surface area (Å²) in [6.07, 6.45) is 1.51. The molecule has 0 atom stereocenters. The Morgan fingerprint density at radius 3 is 2.64 bits per heavy atom. The maximum absolute atomic E-state index is 13.0. The first-order valence-electron chi connectivity index (χ1n) is 8.48. The molecule has 0 unspecified atom stereocenters. The topological polar surface area (TPSA) is 77.5 Å². The Morgan fingerprint density at radius 1 is 1.00 bits per heavy atom. The average Bonchev–Trinajstić information content (AvgIpc) is 3.40. The quantitative estimate of drug-likeness (QED) is 0.522. The Morgan fingerprint density at radius 2 is 1.86 bits per heavy atom. The number of hydrogen-bond acceptors (Lipinski definition) is 5. The van der Waals surface area contributed by atoms with Gasteiger partial charge in [0, 0.05) is 12.6 Å². The van der Waals surface area contributed by atoms with Crippen molar-refractivity contribution < 1.29 is 22.9 Å². The lowest BCUT2D eigenvalue weighted by atomic mass is 10.2. The average molecular weight is 378 g/mol. The van der Waals surface area contributed by atoms with Crippen molar-refractivity contribution in [2.45, 2.75) is 6.54 Å². The molecule has 2 aromatic carbocycles. The molecule has 0 saturated carbocycles.